The van der Waals surface area contributed by atoms with Crippen molar-refractivity contribution >= 4 is 27.4 Å². The quantitative estimate of drug-likeness (QED) is 0.853. The summed E-state index contributed by atoms with van der Waals surface area (Å²) in [6, 6.07) is 11.6. The Bertz CT molecular complexity index is 958. The van der Waals surface area contributed by atoms with Crippen LogP contribution in [0.1, 0.15) is 12.5 Å². The number of aromatic nitrogens is 1. The highest BCUT2D eigenvalue weighted by Crippen LogP contribution is 2.21. The highest BCUT2D eigenvalue weighted by atomic mass is 32.2. The molecular formula is C18H19N5O3S. The minimum absolute atomic E-state index is 0.196. The zero-order chi connectivity index (χ0) is 19.4. The lowest BCUT2D eigenvalue weighted by Crippen LogP contribution is -2.48. The molecule has 1 aliphatic rings. The summed E-state index contributed by atoms with van der Waals surface area (Å²) in [7, 11) is -3.59. The smallest absolute Gasteiger partial charge is 0.243 e. The normalized spacial score (nSPS) is 15.2. The Morgan fingerprint density at radius 2 is 1.78 bits per heavy atom. The average molecular weight is 385 g/mol. The molecule has 0 bridgehead atoms. The summed E-state index contributed by atoms with van der Waals surface area (Å²) in [5.41, 5.74) is 1.04. The van der Waals surface area contributed by atoms with Gasteiger partial charge in [-0.05, 0) is 36.4 Å². The summed E-state index contributed by atoms with van der Waals surface area (Å²) in [6.45, 7) is 3.12. The highest BCUT2D eigenvalue weighted by molar-refractivity contribution is 7.89. The van der Waals surface area contributed by atoms with Crippen LogP contribution in [0.4, 0.5) is 11.5 Å². The van der Waals surface area contributed by atoms with Gasteiger partial charge >= 0.3 is 0 Å². The number of carbonyl (C=O) groups is 1. The van der Waals surface area contributed by atoms with Crippen LogP contribution in [0, 0.1) is 11.3 Å². The molecule has 0 aliphatic carbocycles. The third-order valence-electron chi connectivity index (χ3n) is 4.25. The van der Waals surface area contributed by atoms with Gasteiger partial charge in [0.1, 0.15) is 11.9 Å². The standard InChI is InChI=1S/C18H19N5O3S/c1-14(24)21-16-3-5-17(6-4-16)27(25,26)23-10-8-22(9-11-23)18-7-2-15(12-19)13-20-18/h2-7,13H,8-11H2,1H3,(H,21,24). The van der Waals surface area contributed by atoms with Crippen molar-refractivity contribution in [2.75, 3.05) is 36.4 Å². The number of carbonyl (C=O) groups excluding carboxylic acids is 1. The molecule has 1 aromatic heterocycles. The van der Waals surface area contributed by atoms with Gasteiger partial charge in [0.25, 0.3) is 0 Å². The molecule has 0 atom stereocenters. The van der Waals surface area contributed by atoms with Gasteiger partial charge in [-0.15, -0.1) is 0 Å². The molecule has 0 radical (unpaired) electrons. The maximum atomic E-state index is 12.8. The van der Waals surface area contributed by atoms with Crippen LogP contribution in [0.25, 0.3) is 0 Å². The first-order chi connectivity index (χ1) is 12.9. The summed E-state index contributed by atoms with van der Waals surface area (Å²) < 4.78 is 27.1. The van der Waals surface area contributed by atoms with Gasteiger partial charge in [0, 0.05) is 45.0 Å². The number of hydrogen-bond donors (Lipinski definition) is 1. The van der Waals surface area contributed by atoms with Crippen molar-refractivity contribution in [1.29, 1.82) is 5.26 Å². The van der Waals surface area contributed by atoms with Crippen LogP contribution in [0.5, 0.6) is 0 Å². The van der Waals surface area contributed by atoms with E-state index in [2.05, 4.69) is 10.3 Å². The molecule has 1 aliphatic heterocycles. The first-order valence-corrected chi connectivity index (χ1v) is 9.83. The molecule has 2 heterocycles. The molecule has 9 heteroatoms. The van der Waals surface area contributed by atoms with Crippen LogP contribution in [-0.4, -0.2) is 49.8 Å². The van der Waals surface area contributed by atoms with Crippen molar-refractivity contribution in [3.63, 3.8) is 0 Å². The molecule has 1 amide bonds. The maximum Gasteiger partial charge on any atom is 0.243 e. The predicted molar refractivity (Wildman–Crippen MR) is 101 cm³/mol. The van der Waals surface area contributed by atoms with Gasteiger partial charge in [0.2, 0.25) is 15.9 Å². The minimum Gasteiger partial charge on any atom is -0.354 e. The van der Waals surface area contributed by atoms with Crippen molar-refractivity contribution in [1.82, 2.24) is 9.29 Å². The molecule has 1 aromatic carbocycles. The molecular weight excluding hydrogens is 366 g/mol. The molecule has 140 valence electrons. The Kier molecular flexibility index (Phi) is 5.39. The fourth-order valence-corrected chi connectivity index (χ4v) is 4.28. The van der Waals surface area contributed by atoms with Gasteiger partial charge in [-0.2, -0.15) is 9.57 Å². The van der Waals surface area contributed by atoms with E-state index in [0.29, 0.717) is 37.4 Å². The van der Waals surface area contributed by atoms with E-state index in [1.165, 1.54) is 29.6 Å². The molecule has 1 fully saturated rings. The molecule has 0 unspecified atom stereocenters. The van der Waals surface area contributed by atoms with Gasteiger partial charge in [-0.1, -0.05) is 0 Å². The van der Waals surface area contributed by atoms with E-state index in [1.54, 1.807) is 24.3 Å². The maximum absolute atomic E-state index is 12.8. The van der Waals surface area contributed by atoms with Crippen molar-refractivity contribution in [2.45, 2.75) is 11.8 Å². The molecule has 0 saturated carbocycles. The molecule has 0 spiro atoms. The van der Waals surface area contributed by atoms with Gasteiger partial charge in [-0.25, -0.2) is 13.4 Å². The van der Waals surface area contributed by atoms with Gasteiger partial charge in [-0.3, -0.25) is 4.79 Å². The number of benzene rings is 1. The monoisotopic (exact) mass is 385 g/mol. The van der Waals surface area contributed by atoms with E-state index in [4.69, 9.17) is 5.26 Å². The molecule has 1 saturated heterocycles. The lowest BCUT2D eigenvalue weighted by Gasteiger charge is -2.34. The molecule has 1 N–H and O–H groups in total. The summed E-state index contributed by atoms with van der Waals surface area (Å²) in [6.07, 6.45) is 1.51. The number of hydrogen-bond acceptors (Lipinski definition) is 6. The van der Waals surface area contributed by atoms with E-state index in [0.717, 1.165) is 5.82 Å². The second kappa shape index (κ2) is 7.73. The van der Waals surface area contributed by atoms with Crippen molar-refractivity contribution in [2.24, 2.45) is 0 Å². The Labute approximate surface area is 158 Å². The molecule has 27 heavy (non-hydrogen) atoms. The highest BCUT2D eigenvalue weighted by Gasteiger charge is 2.28. The zero-order valence-corrected chi connectivity index (χ0v) is 15.6. The molecule has 8 nitrogen and oxygen atoms in total. The fraction of sp³-hybridized carbons (Fsp3) is 0.278. The summed E-state index contributed by atoms with van der Waals surface area (Å²) in [4.78, 5) is 17.5. The third-order valence-corrected chi connectivity index (χ3v) is 6.16. The summed E-state index contributed by atoms with van der Waals surface area (Å²) in [5, 5.41) is 11.4. The number of nitriles is 1. The molecule has 2 aromatic rings. The average Bonchev–Trinajstić information content (AvgIpc) is 2.68. The van der Waals surface area contributed by atoms with E-state index in [-0.39, 0.29) is 10.8 Å². The van der Waals surface area contributed by atoms with Gasteiger partial charge in [0.15, 0.2) is 0 Å². The van der Waals surface area contributed by atoms with E-state index in [1.807, 2.05) is 11.0 Å². The number of piperazine rings is 1. The fourth-order valence-electron chi connectivity index (χ4n) is 2.86. The van der Waals surface area contributed by atoms with Crippen LogP contribution >= 0.6 is 0 Å². The van der Waals surface area contributed by atoms with Gasteiger partial charge in [0.05, 0.1) is 10.5 Å². The topological polar surface area (TPSA) is 106 Å². The number of anilines is 2. The SMILES string of the molecule is CC(=O)Nc1ccc(S(=O)(=O)N2CCN(c3ccc(C#N)cn3)CC2)cc1. The van der Waals surface area contributed by atoms with Crippen molar-refractivity contribution < 1.29 is 13.2 Å². The van der Waals surface area contributed by atoms with Crippen LogP contribution in [0.3, 0.4) is 0 Å². The Morgan fingerprint density at radius 1 is 1.11 bits per heavy atom. The third kappa shape index (κ3) is 4.24. The number of sulfonamides is 1. The first-order valence-electron chi connectivity index (χ1n) is 8.39. The van der Waals surface area contributed by atoms with Crippen LogP contribution in [0.2, 0.25) is 0 Å². The van der Waals surface area contributed by atoms with Crippen LogP contribution in [-0.2, 0) is 14.8 Å². The lowest BCUT2D eigenvalue weighted by molar-refractivity contribution is -0.114. The number of nitrogens with zero attached hydrogens (tertiary/aromatic N) is 4. The van der Waals surface area contributed by atoms with E-state index < -0.39 is 10.0 Å². The second-order valence-corrected chi connectivity index (χ2v) is 8.05. The van der Waals surface area contributed by atoms with E-state index >= 15 is 0 Å². The Hall–Kier alpha value is -2.96. The van der Waals surface area contributed by atoms with Crippen LogP contribution in [0.15, 0.2) is 47.5 Å². The number of rotatable bonds is 4. The lowest BCUT2D eigenvalue weighted by atomic mass is 10.3. The van der Waals surface area contributed by atoms with E-state index in [9.17, 15) is 13.2 Å². The molecule has 3 rings (SSSR count). The minimum atomic E-state index is -3.59. The zero-order valence-electron chi connectivity index (χ0n) is 14.8. The largest absolute Gasteiger partial charge is 0.354 e. The Balaban J connectivity index is 1.67. The summed E-state index contributed by atoms with van der Waals surface area (Å²) >= 11 is 0. The predicted octanol–water partition coefficient (Wildman–Crippen LogP) is 1.42. The van der Waals surface area contributed by atoms with Crippen molar-refractivity contribution in [3.05, 3.63) is 48.2 Å². The summed E-state index contributed by atoms with van der Waals surface area (Å²) in [5.74, 6) is 0.517. The second-order valence-electron chi connectivity index (χ2n) is 6.11. The first kappa shape index (κ1) is 18.8. The Morgan fingerprint density at radius 3 is 2.30 bits per heavy atom. The van der Waals surface area contributed by atoms with Gasteiger partial charge < -0.3 is 10.2 Å². The van der Waals surface area contributed by atoms with Crippen molar-refractivity contribution in [3.8, 4) is 6.07 Å². The number of pyridine rings is 1. The number of nitrogens with one attached hydrogen (secondary N) is 1. The number of amides is 1. The van der Waals surface area contributed by atoms with Crippen LogP contribution < -0.4 is 10.2 Å².